The number of methoxy groups -OCH3 is 3. The number of ether oxygens (including phenoxy) is 3. The number of fused-ring (bicyclic) bond motifs is 1. The molecule has 38 heavy (non-hydrogen) atoms. The molecule has 0 amide bonds. The first-order chi connectivity index (χ1) is 18.2. The van der Waals surface area contributed by atoms with Gasteiger partial charge in [-0.1, -0.05) is 24.3 Å². The maximum absolute atomic E-state index is 13.8. The lowest BCUT2D eigenvalue weighted by Gasteiger charge is -2.30. The average molecular weight is 525 g/mol. The van der Waals surface area contributed by atoms with Gasteiger partial charge in [0.25, 0.3) is 0 Å². The SMILES string of the molecule is COc1cc(C2CC(=O)C3=C(C2)Nc2ccccc2NC3c2ccc(C(F)(F)F)cc2)cc(OC)c1OC. The standard InChI is InChI=1S/C29H27F3N2O4/c1-36-24-14-18(15-25(37-2)28(24)38-3)17-12-22-26(23(35)13-17)27(34-21-7-5-4-6-20(21)33-22)16-8-10-19(11-9-16)29(30,31)32/h4-11,14-15,17,27,33-34H,12-13H2,1-3H3. The summed E-state index contributed by atoms with van der Waals surface area (Å²) in [6.45, 7) is 0. The highest BCUT2D eigenvalue weighted by Gasteiger charge is 2.37. The Bertz CT molecular complexity index is 1370. The van der Waals surface area contributed by atoms with Gasteiger partial charge in [-0.25, -0.2) is 0 Å². The van der Waals surface area contributed by atoms with Crippen LogP contribution in [0, 0.1) is 0 Å². The van der Waals surface area contributed by atoms with Crippen molar-refractivity contribution in [2.24, 2.45) is 0 Å². The number of rotatable bonds is 5. The van der Waals surface area contributed by atoms with E-state index >= 15 is 0 Å². The molecule has 3 aromatic rings. The van der Waals surface area contributed by atoms with E-state index in [1.165, 1.54) is 33.5 Å². The summed E-state index contributed by atoms with van der Waals surface area (Å²) in [7, 11) is 4.61. The van der Waals surface area contributed by atoms with Crippen LogP contribution in [0.3, 0.4) is 0 Å². The smallest absolute Gasteiger partial charge is 0.416 e. The van der Waals surface area contributed by atoms with E-state index in [-0.39, 0.29) is 18.1 Å². The highest BCUT2D eigenvalue weighted by molar-refractivity contribution is 6.01. The topological polar surface area (TPSA) is 68.8 Å². The summed E-state index contributed by atoms with van der Waals surface area (Å²) < 4.78 is 56.1. The van der Waals surface area contributed by atoms with Gasteiger partial charge in [0, 0.05) is 17.7 Å². The number of hydrogen-bond donors (Lipinski definition) is 2. The van der Waals surface area contributed by atoms with Crippen molar-refractivity contribution >= 4 is 17.2 Å². The molecule has 0 saturated heterocycles. The second-order valence-corrected chi connectivity index (χ2v) is 9.25. The summed E-state index contributed by atoms with van der Waals surface area (Å²) in [5.41, 5.74) is 3.48. The lowest BCUT2D eigenvalue weighted by Crippen LogP contribution is -2.27. The molecule has 5 rings (SSSR count). The number of ketones is 1. The van der Waals surface area contributed by atoms with Gasteiger partial charge in [-0.2, -0.15) is 13.2 Å². The third kappa shape index (κ3) is 4.64. The van der Waals surface area contributed by atoms with Crippen LogP contribution in [0.25, 0.3) is 0 Å². The number of halogens is 3. The lowest BCUT2D eigenvalue weighted by atomic mass is 9.78. The van der Waals surface area contributed by atoms with Gasteiger partial charge in [-0.15, -0.1) is 0 Å². The number of anilines is 2. The van der Waals surface area contributed by atoms with Crippen LogP contribution in [-0.4, -0.2) is 27.1 Å². The van der Waals surface area contributed by atoms with Gasteiger partial charge in [0.2, 0.25) is 5.75 Å². The quantitative estimate of drug-likeness (QED) is 0.387. The van der Waals surface area contributed by atoms with Gasteiger partial charge < -0.3 is 24.8 Å². The van der Waals surface area contributed by atoms with Crippen molar-refractivity contribution in [1.82, 2.24) is 0 Å². The molecule has 0 fully saturated rings. The third-order valence-corrected chi connectivity index (χ3v) is 7.04. The zero-order chi connectivity index (χ0) is 27.0. The van der Waals surface area contributed by atoms with E-state index in [1.54, 1.807) is 0 Å². The molecular weight excluding hydrogens is 497 g/mol. The summed E-state index contributed by atoms with van der Waals surface area (Å²) in [5.74, 6) is 1.19. The molecule has 2 aliphatic rings. The van der Waals surface area contributed by atoms with E-state index in [4.69, 9.17) is 14.2 Å². The Morgan fingerprint density at radius 3 is 2.03 bits per heavy atom. The van der Waals surface area contributed by atoms with Crippen LogP contribution in [0.4, 0.5) is 24.5 Å². The van der Waals surface area contributed by atoms with Gasteiger partial charge >= 0.3 is 6.18 Å². The molecule has 3 aromatic carbocycles. The van der Waals surface area contributed by atoms with Crippen LogP contribution >= 0.6 is 0 Å². The Kier molecular flexibility index (Phi) is 6.69. The van der Waals surface area contributed by atoms with Crippen molar-refractivity contribution < 1.29 is 32.2 Å². The van der Waals surface area contributed by atoms with E-state index in [2.05, 4.69) is 10.6 Å². The first-order valence-electron chi connectivity index (χ1n) is 12.1. The number of allylic oxidation sites excluding steroid dienone is 1. The molecule has 0 radical (unpaired) electrons. The molecule has 2 unspecified atom stereocenters. The molecule has 2 atom stereocenters. The number of carbonyl (C=O) groups is 1. The predicted octanol–water partition coefficient (Wildman–Crippen LogP) is 6.71. The highest BCUT2D eigenvalue weighted by Crippen LogP contribution is 2.47. The Morgan fingerprint density at radius 1 is 0.816 bits per heavy atom. The second-order valence-electron chi connectivity index (χ2n) is 9.25. The normalized spacial score (nSPS) is 18.9. The van der Waals surface area contributed by atoms with Crippen LogP contribution in [0.2, 0.25) is 0 Å². The number of carbonyl (C=O) groups excluding carboxylic acids is 1. The number of hydrogen-bond acceptors (Lipinski definition) is 6. The van der Waals surface area contributed by atoms with Crippen molar-refractivity contribution in [3.05, 3.63) is 88.6 Å². The summed E-state index contributed by atoms with van der Waals surface area (Å²) in [6.07, 6.45) is -3.72. The fourth-order valence-electron chi connectivity index (χ4n) is 5.18. The Hall–Kier alpha value is -4.14. The largest absolute Gasteiger partial charge is 0.493 e. The van der Waals surface area contributed by atoms with Crippen LogP contribution in [0.15, 0.2) is 71.9 Å². The molecule has 2 N–H and O–H groups in total. The highest BCUT2D eigenvalue weighted by atomic mass is 19.4. The van der Waals surface area contributed by atoms with Gasteiger partial charge in [0.1, 0.15) is 0 Å². The monoisotopic (exact) mass is 524 g/mol. The minimum absolute atomic E-state index is 0.0947. The van der Waals surface area contributed by atoms with Crippen molar-refractivity contribution in [2.75, 3.05) is 32.0 Å². The maximum Gasteiger partial charge on any atom is 0.416 e. The Morgan fingerprint density at radius 2 is 1.45 bits per heavy atom. The van der Waals surface area contributed by atoms with E-state index in [1.807, 2.05) is 36.4 Å². The number of nitrogens with one attached hydrogen (secondary N) is 2. The van der Waals surface area contributed by atoms with Crippen LogP contribution in [-0.2, 0) is 11.0 Å². The number of para-hydroxylation sites is 2. The maximum atomic E-state index is 13.8. The number of alkyl halides is 3. The first-order valence-corrected chi connectivity index (χ1v) is 12.1. The number of Topliss-reactive ketones (excluding diaryl/α,β-unsaturated/α-hetero) is 1. The molecule has 0 saturated carbocycles. The van der Waals surface area contributed by atoms with Crippen LogP contribution in [0.1, 0.15) is 41.5 Å². The second kappa shape index (κ2) is 9.96. The van der Waals surface area contributed by atoms with Crippen molar-refractivity contribution in [2.45, 2.75) is 31.0 Å². The molecular formula is C29H27F3N2O4. The molecule has 1 aliphatic heterocycles. The molecule has 198 valence electrons. The third-order valence-electron chi connectivity index (χ3n) is 7.04. The van der Waals surface area contributed by atoms with Crippen molar-refractivity contribution in [3.63, 3.8) is 0 Å². The van der Waals surface area contributed by atoms with Gasteiger partial charge in [-0.3, -0.25) is 4.79 Å². The molecule has 0 bridgehead atoms. The molecule has 0 aromatic heterocycles. The fourth-order valence-corrected chi connectivity index (χ4v) is 5.18. The van der Waals surface area contributed by atoms with Crippen LogP contribution < -0.4 is 24.8 Å². The average Bonchev–Trinajstić information content (AvgIpc) is 3.08. The van der Waals surface area contributed by atoms with Crippen molar-refractivity contribution in [1.29, 1.82) is 0 Å². The molecule has 9 heteroatoms. The molecule has 0 spiro atoms. The predicted molar refractivity (Wildman–Crippen MR) is 138 cm³/mol. The molecule has 1 aliphatic carbocycles. The summed E-state index contributed by atoms with van der Waals surface area (Å²) >= 11 is 0. The van der Waals surface area contributed by atoms with E-state index in [0.29, 0.717) is 34.8 Å². The fraction of sp³-hybridized carbons (Fsp3) is 0.276. The molecule has 1 heterocycles. The Labute approximate surface area is 218 Å². The first kappa shape index (κ1) is 25.5. The van der Waals surface area contributed by atoms with Crippen LogP contribution in [0.5, 0.6) is 17.2 Å². The minimum atomic E-state index is -4.44. The zero-order valence-electron chi connectivity index (χ0n) is 21.1. The summed E-state index contributed by atoms with van der Waals surface area (Å²) in [6, 6.07) is 15.6. The minimum Gasteiger partial charge on any atom is -0.493 e. The molecule has 6 nitrogen and oxygen atoms in total. The zero-order valence-corrected chi connectivity index (χ0v) is 21.1. The van der Waals surface area contributed by atoms with Gasteiger partial charge in [-0.05, 0) is 59.9 Å². The summed E-state index contributed by atoms with van der Waals surface area (Å²) in [4.78, 5) is 13.8. The van der Waals surface area contributed by atoms with E-state index in [9.17, 15) is 18.0 Å². The van der Waals surface area contributed by atoms with Crippen molar-refractivity contribution in [3.8, 4) is 17.2 Å². The number of benzene rings is 3. The van der Waals surface area contributed by atoms with E-state index in [0.717, 1.165) is 34.8 Å². The van der Waals surface area contributed by atoms with Gasteiger partial charge in [0.05, 0.1) is 44.3 Å². The lowest BCUT2D eigenvalue weighted by molar-refractivity contribution is -0.137. The Balaban J connectivity index is 1.58. The van der Waals surface area contributed by atoms with E-state index < -0.39 is 17.8 Å². The van der Waals surface area contributed by atoms with Gasteiger partial charge in [0.15, 0.2) is 17.3 Å². The summed E-state index contributed by atoms with van der Waals surface area (Å²) in [5, 5.41) is 6.83.